The minimum atomic E-state index is 0.255. The van der Waals surface area contributed by atoms with Crippen molar-refractivity contribution in [2.24, 2.45) is 4.99 Å². The number of carbonyl (C=O) groups is 1. The molecule has 0 bridgehead atoms. The third kappa shape index (κ3) is 19.2. The maximum absolute atomic E-state index is 9.81. The Labute approximate surface area is 246 Å². The number of amidine groups is 1. The van der Waals surface area contributed by atoms with E-state index in [1.54, 1.807) is 19.2 Å². The molecule has 1 heterocycles. The lowest BCUT2D eigenvalue weighted by molar-refractivity contribution is -0.116. The molecule has 2 aromatic rings. The molecule has 0 amide bonds. The molecule has 3 nitrogen and oxygen atoms in total. The van der Waals surface area contributed by atoms with E-state index in [2.05, 4.69) is 84.3 Å². The standard InChI is InChI=1S/C17H16.C12H16N2.C4H8O.2C2H6/c1-14(16-9-5-3-6-10-16)13-15(2)17-11-7-4-8-12-17;1-3-4-9-13-12(2)14-10-7-5-6-8-11-14;1-3-4(2)5;2*1-2/h3-13H,1H2,2H3;3-4,9H,1,7-8,10-11H2,2H3;3H2,1-2H3;2*1-2H3/b15-13+;9-4-,13-12?;;;. The van der Waals surface area contributed by atoms with Crippen molar-refractivity contribution in [1.82, 2.24) is 4.90 Å². The van der Waals surface area contributed by atoms with Crippen molar-refractivity contribution >= 4 is 22.8 Å². The van der Waals surface area contributed by atoms with Crippen LogP contribution in [0.2, 0.25) is 0 Å². The highest BCUT2D eigenvalue weighted by molar-refractivity contribution is 5.82. The van der Waals surface area contributed by atoms with Gasteiger partial charge in [0.15, 0.2) is 0 Å². The molecule has 3 heteroatoms. The van der Waals surface area contributed by atoms with Gasteiger partial charge in [-0.1, -0.05) is 121 Å². The number of benzene rings is 2. The molecule has 2 aromatic carbocycles. The lowest BCUT2D eigenvalue weighted by Gasteiger charge is -2.20. The Hall–Kier alpha value is -3.90. The van der Waals surface area contributed by atoms with Crippen LogP contribution in [0, 0.1) is 11.8 Å². The molecule has 1 aliphatic heterocycles. The zero-order valence-corrected chi connectivity index (χ0v) is 26.3. The van der Waals surface area contributed by atoms with Crippen LogP contribution in [0.1, 0.15) is 85.8 Å². The van der Waals surface area contributed by atoms with Gasteiger partial charge >= 0.3 is 0 Å². The summed E-state index contributed by atoms with van der Waals surface area (Å²) in [5, 5.41) is 0. The molecular weight excluding hydrogens is 488 g/mol. The summed E-state index contributed by atoms with van der Waals surface area (Å²) in [6, 6.07) is 20.6. The van der Waals surface area contributed by atoms with Crippen molar-refractivity contribution in [2.45, 2.75) is 74.7 Å². The molecule has 0 fully saturated rings. The van der Waals surface area contributed by atoms with Crippen LogP contribution in [0.5, 0.6) is 0 Å². The molecule has 0 saturated carbocycles. The quantitative estimate of drug-likeness (QED) is 0.158. The summed E-state index contributed by atoms with van der Waals surface area (Å²) in [7, 11) is 0. The van der Waals surface area contributed by atoms with E-state index >= 15 is 0 Å². The highest BCUT2D eigenvalue weighted by Gasteiger charge is 2.06. The van der Waals surface area contributed by atoms with Gasteiger partial charge in [-0.05, 0) is 49.1 Å². The van der Waals surface area contributed by atoms with Gasteiger partial charge in [0.1, 0.15) is 11.6 Å². The third-order valence-corrected chi connectivity index (χ3v) is 5.34. The molecule has 0 saturated heterocycles. The molecule has 3 rings (SSSR count). The van der Waals surface area contributed by atoms with E-state index in [4.69, 9.17) is 0 Å². The van der Waals surface area contributed by atoms with Crippen LogP contribution in [0.4, 0.5) is 0 Å². The van der Waals surface area contributed by atoms with E-state index in [9.17, 15) is 4.79 Å². The number of carbonyl (C=O) groups excluding carboxylic acids is 1. The van der Waals surface area contributed by atoms with Gasteiger partial charge in [-0.2, -0.15) is 0 Å². The topological polar surface area (TPSA) is 32.7 Å². The van der Waals surface area contributed by atoms with Crippen LogP contribution in [0.25, 0.3) is 11.1 Å². The molecule has 0 N–H and O–H groups in total. The Morgan fingerprint density at radius 3 is 1.75 bits per heavy atom. The van der Waals surface area contributed by atoms with Gasteiger partial charge in [-0.3, -0.25) is 0 Å². The predicted octanol–water partition coefficient (Wildman–Crippen LogP) is 10.0. The summed E-state index contributed by atoms with van der Waals surface area (Å²) in [4.78, 5) is 16.4. The first-order valence-corrected chi connectivity index (χ1v) is 14.4. The predicted molar refractivity (Wildman–Crippen MR) is 180 cm³/mol. The van der Waals surface area contributed by atoms with Gasteiger partial charge in [0.25, 0.3) is 0 Å². The number of rotatable bonds is 6. The zero-order valence-electron chi connectivity index (χ0n) is 26.3. The molecule has 0 atom stereocenters. The SMILES string of the molecule is C=C(/C=C(\C)c1ccccc1)c1ccccc1.C=C/C=C\N=C(C)N1CCC#CCC1.CC.CC.CCC(C)=O. The molecule has 40 heavy (non-hydrogen) atoms. The fourth-order valence-corrected chi connectivity index (χ4v) is 3.07. The minimum absolute atomic E-state index is 0.255. The largest absolute Gasteiger partial charge is 0.358 e. The Morgan fingerprint density at radius 2 is 1.32 bits per heavy atom. The fourth-order valence-electron chi connectivity index (χ4n) is 3.07. The van der Waals surface area contributed by atoms with Gasteiger partial charge < -0.3 is 9.69 Å². The van der Waals surface area contributed by atoms with Gasteiger partial charge in [0, 0.05) is 38.6 Å². The number of allylic oxidation sites excluding steroid dienone is 5. The maximum Gasteiger partial charge on any atom is 0.129 e. The number of hydrogen-bond donors (Lipinski definition) is 0. The molecular formula is C37H52N2O. The van der Waals surface area contributed by atoms with E-state index in [1.165, 1.54) is 16.7 Å². The molecule has 216 valence electrons. The normalized spacial score (nSPS) is 12.2. The number of aliphatic imine (C=N–C) groups is 1. The second kappa shape index (κ2) is 26.7. The summed E-state index contributed by atoms with van der Waals surface area (Å²) in [5.74, 6) is 7.54. The molecule has 1 aliphatic rings. The molecule has 0 spiro atoms. The summed E-state index contributed by atoms with van der Waals surface area (Å²) in [5.41, 5.74) is 4.69. The van der Waals surface area contributed by atoms with Gasteiger partial charge in [-0.15, -0.1) is 11.8 Å². The maximum atomic E-state index is 9.81. The van der Waals surface area contributed by atoms with Gasteiger partial charge in [0.05, 0.1) is 0 Å². The van der Waals surface area contributed by atoms with Crippen LogP contribution in [-0.2, 0) is 4.79 Å². The summed E-state index contributed by atoms with van der Waals surface area (Å²) >= 11 is 0. The number of ketones is 1. The fraction of sp³-hybridized carbons (Fsp3) is 0.351. The highest BCUT2D eigenvalue weighted by Crippen LogP contribution is 2.20. The van der Waals surface area contributed by atoms with Crippen LogP contribution in [0.3, 0.4) is 0 Å². The summed E-state index contributed by atoms with van der Waals surface area (Å²) < 4.78 is 0. The van der Waals surface area contributed by atoms with Crippen LogP contribution in [-0.4, -0.2) is 29.6 Å². The van der Waals surface area contributed by atoms with Gasteiger partial charge in [-0.25, -0.2) is 4.99 Å². The van der Waals surface area contributed by atoms with Crippen molar-refractivity contribution in [3.63, 3.8) is 0 Å². The smallest absolute Gasteiger partial charge is 0.129 e. The third-order valence-electron chi connectivity index (χ3n) is 5.34. The van der Waals surface area contributed by atoms with E-state index in [-0.39, 0.29) is 5.78 Å². The Morgan fingerprint density at radius 1 is 0.875 bits per heavy atom. The molecule has 0 aliphatic carbocycles. The second-order valence-corrected chi connectivity index (χ2v) is 8.23. The van der Waals surface area contributed by atoms with Crippen molar-refractivity contribution in [1.29, 1.82) is 0 Å². The van der Waals surface area contributed by atoms with Crippen LogP contribution >= 0.6 is 0 Å². The van der Waals surface area contributed by atoms with E-state index in [0.29, 0.717) is 6.42 Å². The lowest BCUT2D eigenvalue weighted by atomic mass is 10.0. The first-order chi connectivity index (χ1) is 19.4. The number of Topliss-reactive ketones (excluding diaryl/α,β-unsaturated/α-hetero) is 1. The lowest BCUT2D eigenvalue weighted by Crippen LogP contribution is -2.29. The number of nitrogens with zero attached hydrogens (tertiary/aromatic N) is 2. The van der Waals surface area contributed by atoms with E-state index < -0.39 is 0 Å². The Kier molecular flexibility index (Phi) is 25.5. The van der Waals surface area contributed by atoms with Crippen LogP contribution < -0.4 is 0 Å². The van der Waals surface area contributed by atoms with Crippen molar-refractivity contribution in [3.05, 3.63) is 109 Å². The molecule has 0 unspecified atom stereocenters. The second-order valence-electron chi connectivity index (χ2n) is 8.23. The van der Waals surface area contributed by atoms with E-state index in [0.717, 1.165) is 37.3 Å². The average Bonchev–Trinajstić information content (AvgIpc) is 3.31. The van der Waals surface area contributed by atoms with Gasteiger partial charge in [0.2, 0.25) is 0 Å². The van der Waals surface area contributed by atoms with Crippen molar-refractivity contribution < 1.29 is 4.79 Å². The van der Waals surface area contributed by atoms with Crippen LogP contribution in [0.15, 0.2) is 103 Å². The Bertz CT molecular complexity index is 1090. The number of hydrogen-bond acceptors (Lipinski definition) is 2. The summed E-state index contributed by atoms with van der Waals surface area (Å²) in [6.07, 6.45) is 10.0. The van der Waals surface area contributed by atoms with Crippen molar-refractivity contribution in [2.75, 3.05) is 13.1 Å². The zero-order chi connectivity index (χ0) is 30.6. The minimum Gasteiger partial charge on any atom is -0.358 e. The highest BCUT2D eigenvalue weighted by atomic mass is 16.1. The molecule has 0 radical (unpaired) electrons. The first kappa shape index (κ1) is 38.2. The van der Waals surface area contributed by atoms with Crippen molar-refractivity contribution in [3.8, 4) is 11.8 Å². The van der Waals surface area contributed by atoms with E-state index in [1.807, 2.05) is 71.9 Å². The molecule has 0 aromatic heterocycles. The average molecular weight is 541 g/mol. The first-order valence-electron chi connectivity index (χ1n) is 14.4. The Balaban J connectivity index is 0. The monoisotopic (exact) mass is 540 g/mol. The summed E-state index contributed by atoms with van der Waals surface area (Å²) in [6.45, 7) is 25.3.